The molecular formula is C16H22FNOS. The average molecular weight is 295 g/mol. The van der Waals surface area contributed by atoms with Gasteiger partial charge in [-0.15, -0.1) is 11.8 Å². The average Bonchev–Trinajstić information content (AvgIpc) is 2.48. The summed E-state index contributed by atoms with van der Waals surface area (Å²) in [6, 6.07) is 6.63. The van der Waals surface area contributed by atoms with Crippen LogP contribution in [0.3, 0.4) is 0 Å². The lowest BCUT2D eigenvalue weighted by molar-refractivity contribution is -0.127. The summed E-state index contributed by atoms with van der Waals surface area (Å²) in [6.45, 7) is 0.344. The molecule has 0 unspecified atom stereocenters. The second-order valence-electron chi connectivity index (χ2n) is 5.41. The second kappa shape index (κ2) is 7.67. The van der Waals surface area contributed by atoms with Crippen molar-refractivity contribution >= 4 is 17.7 Å². The van der Waals surface area contributed by atoms with Gasteiger partial charge < -0.3 is 4.90 Å². The van der Waals surface area contributed by atoms with Gasteiger partial charge in [0.2, 0.25) is 5.91 Å². The van der Waals surface area contributed by atoms with Gasteiger partial charge in [0, 0.05) is 24.4 Å². The highest BCUT2D eigenvalue weighted by Gasteiger charge is 2.17. The van der Waals surface area contributed by atoms with Crippen LogP contribution in [-0.2, 0) is 11.3 Å². The van der Waals surface area contributed by atoms with Crippen LogP contribution < -0.4 is 0 Å². The van der Waals surface area contributed by atoms with Crippen molar-refractivity contribution in [3.63, 3.8) is 0 Å². The monoisotopic (exact) mass is 295 g/mol. The van der Waals surface area contributed by atoms with E-state index < -0.39 is 0 Å². The van der Waals surface area contributed by atoms with Crippen LogP contribution in [0.2, 0.25) is 0 Å². The first kappa shape index (κ1) is 15.4. The van der Waals surface area contributed by atoms with Crippen molar-refractivity contribution in [3.8, 4) is 0 Å². The van der Waals surface area contributed by atoms with E-state index >= 15 is 0 Å². The molecule has 1 fully saturated rings. The summed E-state index contributed by atoms with van der Waals surface area (Å²) in [5.41, 5.74) is 0.575. The van der Waals surface area contributed by atoms with Gasteiger partial charge in [0.1, 0.15) is 5.82 Å². The van der Waals surface area contributed by atoms with Crippen LogP contribution in [0.25, 0.3) is 0 Å². The lowest BCUT2D eigenvalue weighted by Gasteiger charge is -2.22. The van der Waals surface area contributed by atoms with Gasteiger partial charge >= 0.3 is 0 Å². The lowest BCUT2D eigenvalue weighted by atomic mass is 10.0. The number of thioether (sulfide) groups is 1. The first-order valence-electron chi connectivity index (χ1n) is 7.26. The van der Waals surface area contributed by atoms with Gasteiger partial charge in [-0.05, 0) is 18.9 Å². The molecule has 1 aliphatic rings. The largest absolute Gasteiger partial charge is 0.341 e. The van der Waals surface area contributed by atoms with Crippen molar-refractivity contribution in [2.45, 2.75) is 43.9 Å². The number of halogens is 1. The third-order valence-electron chi connectivity index (χ3n) is 3.79. The zero-order valence-corrected chi connectivity index (χ0v) is 12.8. The molecule has 0 spiro atoms. The summed E-state index contributed by atoms with van der Waals surface area (Å²) in [7, 11) is 1.75. The Hall–Kier alpha value is -1.03. The molecule has 1 amide bonds. The van der Waals surface area contributed by atoms with E-state index in [1.165, 1.54) is 38.2 Å². The number of rotatable bonds is 5. The van der Waals surface area contributed by atoms with Gasteiger partial charge in [-0.3, -0.25) is 4.79 Å². The molecule has 1 aromatic carbocycles. The molecule has 0 aromatic heterocycles. The van der Waals surface area contributed by atoms with Gasteiger partial charge in [-0.1, -0.05) is 37.5 Å². The summed E-state index contributed by atoms with van der Waals surface area (Å²) in [4.78, 5) is 13.7. The molecule has 0 atom stereocenters. The quantitative estimate of drug-likeness (QED) is 0.822. The Bertz CT molecular complexity index is 446. The summed E-state index contributed by atoms with van der Waals surface area (Å²) < 4.78 is 13.5. The van der Waals surface area contributed by atoms with Crippen molar-refractivity contribution in [3.05, 3.63) is 35.6 Å². The van der Waals surface area contributed by atoms with Gasteiger partial charge in [0.25, 0.3) is 0 Å². The minimum atomic E-state index is -0.243. The highest BCUT2D eigenvalue weighted by molar-refractivity contribution is 8.00. The third-order valence-corrected chi connectivity index (χ3v) is 5.14. The Kier molecular flexibility index (Phi) is 5.89. The van der Waals surface area contributed by atoms with Crippen LogP contribution in [0.15, 0.2) is 24.3 Å². The number of benzene rings is 1. The van der Waals surface area contributed by atoms with Crippen LogP contribution in [-0.4, -0.2) is 28.9 Å². The Morgan fingerprint density at radius 1 is 1.30 bits per heavy atom. The highest BCUT2D eigenvalue weighted by Crippen LogP contribution is 2.28. The fourth-order valence-corrected chi connectivity index (χ4v) is 3.77. The maximum Gasteiger partial charge on any atom is 0.232 e. The zero-order chi connectivity index (χ0) is 14.4. The van der Waals surface area contributed by atoms with Gasteiger partial charge in [-0.2, -0.15) is 0 Å². The number of hydrogen-bond acceptors (Lipinski definition) is 2. The molecule has 1 saturated carbocycles. The van der Waals surface area contributed by atoms with Crippen LogP contribution in [0.1, 0.15) is 37.7 Å². The number of carbonyl (C=O) groups excluding carboxylic acids is 1. The predicted molar refractivity (Wildman–Crippen MR) is 82.2 cm³/mol. The summed E-state index contributed by atoms with van der Waals surface area (Å²) in [5, 5.41) is 0.634. The maximum absolute atomic E-state index is 13.5. The molecule has 2 rings (SSSR count). The fourth-order valence-electron chi connectivity index (χ4n) is 2.50. The predicted octanol–water partition coefficient (Wildman–Crippen LogP) is 3.85. The van der Waals surface area contributed by atoms with Crippen molar-refractivity contribution in [2.24, 2.45) is 0 Å². The van der Waals surface area contributed by atoms with Crippen molar-refractivity contribution in [2.75, 3.05) is 12.8 Å². The third kappa shape index (κ3) is 4.51. The van der Waals surface area contributed by atoms with Crippen molar-refractivity contribution < 1.29 is 9.18 Å². The van der Waals surface area contributed by atoms with E-state index in [-0.39, 0.29) is 11.7 Å². The molecule has 1 aliphatic carbocycles. The topological polar surface area (TPSA) is 20.3 Å². The maximum atomic E-state index is 13.5. The van der Waals surface area contributed by atoms with E-state index in [1.807, 2.05) is 0 Å². The molecule has 0 radical (unpaired) electrons. The van der Waals surface area contributed by atoms with Gasteiger partial charge in [0.05, 0.1) is 5.75 Å². The second-order valence-corrected chi connectivity index (χ2v) is 6.70. The van der Waals surface area contributed by atoms with Crippen LogP contribution >= 0.6 is 11.8 Å². The number of nitrogens with zero attached hydrogens (tertiary/aromatic N) is 1. The standard InChI is InChI=1S/C16H22FNOS/c1-18(11-13-7-5-6-10-15(13)17)16(19)12-20-14-8-3-2-4-9-14/h5-7,10,14H,2-4,8-9,11-12H2,1H3. The van der Waals surface area contributed by atoms with E-state index in [9.17, 15) is 9.18 Å². The normalized spacial score (nSPS) is 16.1. The number of carbonyl (C=O) groups is 1. The Morgan fingerprint density at radius 3 is 2.70 bits per heavy atom. The van der Waals surface area contributed by atoms with E-state index in [0.717, 1.165) is 0 Å². The first-order valence-corrected chi connectivity index (χ1v) is 8.30. The number of amides is 1. The summed E-state index contributed by atoms with van der Waals surface area (Å²) in [5.74, 6) is 0.353. The summed E-state index contributed by atoms with van der Waals surface area (Å²) in [6.07, 6.45) is 6.37. The Morgan fingerprint density at radius 2 is 2.00 bits per heavy atom. The fraction of sp³-hybridized carbons (Fsp3) is 0.562. The molecule has 0 aliphatic heterocycles. The van der Waals surface area contributed by atoms with Crippen molar-refractivity contribution in [1.29, 1.82) is 0 Å². The van der Waals surface area contributed by atoms with E-state index in [0.29, 0.717) is 23.1 Å². The Labute approximate surface area is 124 Å². The first-order chi connectivity index (χ1) is 9.66. The molecule has 20 heavy (non-hydrogen) atoms. The zero-order valence-electron chi connectivity index (χ0n) is 12.0. The molecule has 0 N–H and O–H groups in total. The molecule has 0 heterocycles. The molecule has 4 heteroatoms. The molecule has 1 aromatic rings. The minimum absolute atomic E-state index is 0.0869. The van der Waals surface area contributed by atoms with Gasteiger partial charge in [0.15, 0.2) is 0 Å². The molecule has 0 saturated heterocycles. The molecule has 2 nitrogen and oxygen atoms in total. The molecular weight excluding hydrogens is 273 g/mol. The van der Waals surface area contributed by atoms with Gasteiger partial charge in [-0.25, -0.2) is 4.39 Å². The molecule has 0 bridgehead atoms. The smallest absolute Gasteiger partial charge is 0.232 e. The highest BCUT2D eigenvalue weighted by atomic mass is 32.2. The SMILES string of the molecule is CN(Cc1ccccc1F)C(=O)CSC1CCCCC1. The number of hydrogen-bond donors (Lipinski definition) is 0. The van der Waals surface area contributed by atoms with E-state index in [1.54, 1.807) is 41.9 Å². The Balaban J connectivity index is 1.78. The molecule has 110 valence electrons. The summed E-state index contributed by atoms with van der Waals surface area (Å²) >= 11 is 1.76. The van der Waals surface area contributed by atoms with Crippen molar-refractivity contribution in [1.82, 2.24) is 4.90 Å². The lowest BCUT2D eigenvalue weighted by Crippen LogP contribution is -2.29. The minimum Gasteiger partial charge on any atom is -0.341 e. The van der Waals surface area contributed by atoms with Crippen LogP contribution in [0, 0.1) is 5.82 Å². The van der Waals surface area contributed by atoms with E-state index in [4.69, 9.17) is 0 Å². The van der Waals surface area contributed by atoms with Crippen LogP contribution in [0.5, 0.6) is 0 Å². The van der Waals surface area contributed by atoms with E-state index in [2.05, 4.69) is 0 Å². The van der Waals surface area contributed by atoms with Crippen LogP contribution in [0.4, 0.5) is 4.39 Å².